The summed E-state index contributed by atoms with van der Waals surface area (Å²) in [5.74, 6) is -4.35. The third-order valence-corrected chi connectivity index (χ3v) is 5.91. The molecular weight excluding hydrogens is 538 g/mol. The summed E-state index contributed by atoms with van der Waals surface area (Å²) < 4.78 is 15.7. The summed E-state index contributed by atoms with van der Waals surface area (Å²) in [6.45, 7) is 4.15. The van der Waals surface area contributed by atoms with E-state index in [-0.39, 0.29) is 37.8 Å². The molecule has 1 aromatic carbocycles. The Hall–Kier alpha value is -4.30. The van der Waals surface area contributed by atoms with Gasteiger partial charge in [0.1, 0.15) is 18.3 Å². The van der Waals surface area contributed by atoms with Crippen LogP contribution in [0.15, 0.2) is 42.6 Å². The first kappa shape index (κ1) is 34.7. The zero-order chi connectivity index (χ0) is 31.1. The van der Waals surface area contributed by atoms with Gasteiger partial charge in [0.25, 0.3) is 11.8 Å². The Balaban J connectivity index is 2.95. The summed E-state index contributed by atoms with van der Waals surface area (Å²) in [5, 5.41) is 5.02. The number of carbonyl (C=O) groups excluding carboxylic acids is 6. The Morgan fingerprint density at radius 1 is 1.07 bits per heavy atom. The van der Waals surface area contributed by atoms with E-state index in [9.17, 15) is 28.8 Å². The first-order valence-electron chi connectivity index (χ1n) is 12.7. The van der Waals surface area contributed by atoms with Crippen LogP contribution in [0.1, 0.15) is 18.9 Å². The monoisotopic (exact) mass is 577 g/mol. The second kappa shape index (κ2) is 17.4. The molecule has 0 aliphatic carbocycles. The smallest absolute Gasteiger partial charge is 0.327 e. The number of esters is 2. The molecule has 3 atom stereocenters. The molecule has 0 radical (unpaired) electrons. The van der Waals surface area contributed by atoms with Gasteiger partial charge in [-0.25, -0.2) is 0 Å². The zero-order valence-corrected chi connectivity index (χ0v) is 24.0. The first-order chi connectivity index (χ1) is 19.3. The van der Waals surface area contributed by atoms with Crippen molar-refractivity contribution in [3.63, 3.8) is 0 Å². The molecule has 0 aliphatic heterocycles. The Labute approximate surface area is 239 Å². The van der Waals surface area contributed by atoms with E-state index < -0.39 is 54.3 Å². The van der Waals surface area contributed by atoms with E-state index in [4.69, 9.17) is 19.9 Å². The number of primary amides is 1. The third-order valence-electron chi connectivity index (χ3n) is 5.91. The molecular formula is C27H39N5O9. The first-order valence-corrected chi connectivity index (χ1v) is 12.7. The fourth-order valence-electron chi connectivity index (χ4n) is 3.27. The van der Waals surface area contributed by atoms with Crippen molar-refractivity contribution in [2.75, 3.05) is 47.9 Å². The molecule has 14 heteroatoms. The largest absolute Gasteiger partial charge is 0.463 e. The van der Waals surface area contributed by atoms with Crippen LogP contribution < -0.4 is 16.4 Å². The maximum absolute atomic E-state index is 13.4. The summed E-state index contributed by atoms with van der Waals surface area (Å²) >= 11 is 0. The van der Waals surface area contributed by atoms with E-state index in [1.165, 1.54) is 28.3 Å². The number of amides is 4. The van der Waals surface area contributed by atoms with Crippen molar-refractivity contribution >= 4 is 35.6 Å². The van der Waals surface area contributed by atoms with Crippen molar-refractivity contribution in [2.24, 2.45) is 5.73 Å². The summed E-state index contributed by atoms with van der Waals surface area (Å²) in [6, 6.07) is 7.66. The predicted molar refractivity (Wildman–Crippen MR) is 147 cm³/mol. The van der Waals surface area contributed by atoms with Crippen molar-refractivity contribution in [1.29, 1.82) is 0 Å². The number of nitrogens with two attached hydrogens (primary N) is 1. The van der Waals surface area contributed by atoms with E-state index in [1.807, 2.05) is 0 Å². The van der Waals surface area contributed by atoms with Crippen LogP contribution in [0.25, 0.3) is 0 Å². The van der Waals surface area contributed by atoms with E-state index in [1.54, 1.807) is 37.3 Å². The molecule has 2 unspecified atom stereocenters. The summed E-state index contributed by atoms with van der Waals surface area (Å²) in [5.41, 5.74) is 5.42. The Kier molecular flexibility index (Phi) is 14.7. The molecule has 1 aromatic rings. The fraction of sp³-hybridized carbons (Fsp3) is 0.481. The lowest BCUT2D eigenvalue weighted by molar-refractivity contribution is -0.163. The lowest BCUT2D eigenvalue weighted by Gasteiger charge is -2.26. The lowest BCUT2D eigenvalue weighted by Crippen LogP contribution is -2.48. The molecule has 0 bridgehead atoms. The zero-order valence-electron chi connectivity index (χ0n) is 24.0. The van der Waals surface area contributed by atoms with Crippen molar-refractivity contribution in [3.05, 3.63) is 48.2 Å². The molecule has 0 aromatic heterocycles. The number of benzene rings is 1. The molecule has 0 spiro atoms. The second-order valence-corrected chi connectivity index (χ2v) is 9.13. The molecule has 4 amide bonds. The van der Waals surface area contributed by atoms with Gasteiger partial charge in [-0.15, -0.1) is 0 Å². The van der Waals surface area contributed by atoms with Crippen molar-refractivity contribution in [2.45, 2.75) is 38.0 Å². The maximum Gasteiger partial charge on any atom is 0.327 e. The fourth-order valence-corrected chi connectivity index (χ4v) is 3.27. The van der Waals surface area contributed by atoms with E-state index >= 15 is 0 Å². The molecule has 0 saturated carbocycles. The average Bonchev–Trinajstić information content (AvgIpc) is 2.94. The van der Waals surface area contributed by atoms with Crippen molar-refractivity contribution < 1.29 is 43.0 Å². The van der Waals surface area contributed by atoms with Gasteiger partial charge in [-0.05, 0) is 19.5 Å². The molecule has 14 nitrogen and oxygen atoms in total. The number of nitrogens with one attached hydrogen (secondary N) is 2. The molecule has 41 heavy (non-hydrogen) atoms. The van der Waals surface area contributed by atoms with Gasteiger partial charge in [-0.3, -0.25) is 28.8 Å². The van der Waals surface area contributed by atoms with Gasteiger partial charge in [0.2, 0.25) is 11.8 Å². The highest BCUT2D eigenvalue weighted by Gasteiger charge is 2.32. The predicted octanol–water partition coefficient (Wildman–Crippen LogP) is -1.27. The highest BCUT2D eigenvalue weighted by molar-refractivity contribution is 5.99. The second-order valence-electron chi connectivity index (χ2n) is 9.13. The topological polar surface area (TPSA) is 187 Å². The van der Waals surface area contributed by atoms with Crippen LogP contribution >= 0.6 is 0 Å². The van der Waals surface area contributed by atoms with Crippen LogP contribution in [0.2, 0.25) is 0 Å². The van der Waals surface area contributed by atoms with Crippen LogP contribution in [0.3, 0.4) is 0 Å². The van der Waals surface area contributed by atoms with Crippen LogP contribution in [0, 0.1) is 0 Å². The summed E-state index contributed by atoms with van der Waals surface area (Å²) in [6.07, 6.45) is -1.78. The quantitative estimate of drug-likeness (QED) is 0.149. The van der Waals surface area contributed by atoms with Gasteiger partial charge in [-0.1, -0.05) is 36.9 Å². The normalized spacial score (nSPS) is 12.7. The molecule has 0 heterocycles. The minimum Gasteiger partial charge on any atom is -0.463 e. The van der Waals surface area contributed by atoms with Gasteiger partial charge in [0, 0.05) is 27.6 Å². The number of rotatable bonds is 17. The number of carbonyl (C=O) groups is 6. The van der Waals surface area contributed by atoms with Gasteiger partial charge >= 0.3 is 11.9 Å². The Bertz CT molecular complexity index is 1100. The molecule has 4 N–H and O–H groups in total. The van der Waals surface area contributed by atoms with E-state index in [0.29, 0.717) is 5.56 Å². The van der Waals surface area contributed by atoms with Crippen LogP contribution in [0.5, 0.6) is 0 Å². The number of hydrogen-bond donors (Lipinski definition) is 3. The SMILES string of the molecule is C=C(C(=O)NCC(=O)N(C)CC(N)=O)N(C)C(=O)C(Cc1ccccc1)OC(=O)C(COC(=O)C[C@@H](C)OC)NC. The standard InChI is InChI=1S/C27H39N5O9/c1-17(39-6)12-24(35)40-16-20(29-3)27(38)41-21(13-19-10-8-7-9-11-19)26(37)32(5)18(2)25(36)30-14-23(34)31(4)15-22(28)33/h7-11,17,20-21,29H,2,12-16H2,1,3-6H3,(H2,28,33)(H,30,36)/t17-,20?,21?/m1/s1. The number of nitrogens with zero attached hydrogens (tertiary/aromatic N) is 2. The summed E-state index contributed by atoms with van der Waals surface area (Å²) in [7, 11) is 5.53. The Morgan fingerprint density at radius 3 is 2.27 bits per heavy atom. The molecule has 1 rings (SSSR count). The van der Waals surface area contributed by atoms with Crippen LogP contribution in [-0.2, 0) is 49.4 Å². The van der Waals surface area contributed by atoms with Gasteiger partial charge in [-0.2, -0.15) is 0 Å². The number of likely N-dealkylation sites (N-methyl/N-ethyl adjacent to an activating group) is 3. The Morgan fingerprint density at radius 2 is 1.71 bits per heavy atom. The van der Waals surface area contributed by atoms with Gasteiger partial charge in [0.15, 0.2) is 6.10 Å². The van der Waals surface area contributed by atoms with Gasteiger partial charge in [0.05, 0.1) is 25.6 Å². The lowest BCUT2D eigenvalue weighted by atomic mass is 10.1. The third kappa shape index (κ3) is 12.2. The highest BCUT2D eigenvalue weighted by atomic mass is 16.6. The van der Waals surface area contributed by atoms with E-state index in [2.05, 4.69) is 17.2 Å². The van der Waals surface area contributed by atoms with Gasteiger partial charge < -0.3 is 40.4 Å². The van der Waals surface area contributed by atoms with E-state index in [0.717, 1.165) is 9.80 Å². The van der Waals surface area contributed by atoms with Crippen LogP contribution in [0.4, 0.5) is 0 Å². The van der Waals surface area contributed by atoms with Crippen LogP contribution in [-0.4, -0.2) is 112 Å². The molecule has 0 saturated heterocycles. The number of ether oxygens (including phenoxy) is 3. The molecule has 226 valence electrons. The molecule has 0 fully saturated rings. The summed E-state index contributed by atoms with van der Waals surface area (Å²) in [4.78, 5) is 76.0. The number of hydrogen-bond acceptors (Lipinski definition) is 10. The van der Waals surface area contributed by atoms with Crippen molar-refractivity contribution in [1.82, 2.24) is 20.4 Å². The number of methoxy groups -OCH3 is 1. The molecule has 0 aliphatic rings. The minimum atomic E-state index is -1.37. The van der Waals surface area contributed by atoms with Crippen molar-refractivity contribution in [3.8, 4) is 0 Å². The minimum absolute atomic E-state index is 0.0148. The average molecular weight is 578 g/mol. The maximum atomic E-state index is 13.4. The highest BCUT2D eigenvalue weighted by Crippen LogP contribution is 2.13.